The Morgan fingerprint density at radius 1 is 1.36 bits per heavy atom. The highest BCUT2D eigenvalue weighted by Crippen LogP contribution is 2.34. The first-order chi connectivity index (χ1) is 10.6. The SMILES string of the molecule is Cc1cc(Cl)ccc1-c1nccn1CC1(CO)CCOCC1. The van der Waals surface area contributed by atoms with Crippen LogP contribution in [0.3, 0.4) is 0 Å². The van der Waals surface area contributed by atoms with Crippen molar-refractivity contribution in [3.8, 4) is 11.4 Å². The number of aliphatic hydroxyl groups excluding tert-OH is 1. The van der Waals surface area contributed by atoms with Crippen molar-refractivity contribution >= 4 is 11.6 Å². The van der Waals surface area contributed by atoms with Gasteiger partial charge in [-0.1, -0.05) is 11.6 Å². The van der Waals surface area contributed by atoms with Crippen LogP contribution in [0.15, 0.2) is 30.6 Å². The van der Waals surface area contributed by atoms with Gasteiger partial charge in [0.25, 0.3) is 0 Å². The van der Waals surface area contributed by atoms with Crippen molar-refractivity contribution in [3.63, 3.8) is 0 Å². The van der Waals surface area contributed by atoms with Gasteiger partial charge in [-0.15, -0.1) is 0 Å². The molecular weight excluding hydrogens is 300 g/mol. The minimum Gasteiger partial charge on any atom is -0.396 e. The molecule has 0 aliphatic carbocycles. The number of hydrogen-bond acceptors (Lipinski definition) is 3. The lowest BCUT2D eigenvalue weighted by atomic mass is 9.81. The minimum atomic E-state index is -0.117. The highest BCUT2D eigenvalue weighted by Gasteiger charge is 2.33. The number of aryl methyl sites for hydroxylation is 1. The van der Waals surface area contributed by atoms with Crippen LogP contribution in [-0.4, -0.2) is 34.5 Å². The van der Waals surface area contributed by atoms with Crippen molar-refractivity contribution < 1.29 is 9.84 Å². The van der Waals surface area contributed by atoms with Crippen LogP contribution in [0.2, 0.25) is 5.02 Å². The van der Waals surface area contributed by atoms with Crippen molar-refractivity contribution in [3.05, 3.63) is 41.2 Å². The summed E-state index contributed by atoms with van der Waals surface area (Å²) in [4.78, 5) is 4.51. The molecule has 1 aromatic carbocycles. The zero-order valence-corrected chi connectivity index (χ0v) is 13.5. The second-order valence-corrected chi connectivity index (χ2v) is 6.54. The largest absolute Gasteiger partial charge is 0.396 e. The van der Waals surface area contributed by atoms with E-state index in [1.165, 1.54) is 0 Å². The Labute approximate surface area is 135 Å². The van der Waals surface area contributed by atoms with Crippen molar-refractivity contribution in [2.45, 2.75) is 26.3 Å². The summed E-state index contributed by atoms with van der Waals surface area (Å²) in [5.41, 5.74) is 2.06. The summed E-state index contributed by atoms with van der Waals surface area (Å²) in [5.74, 6) is 0.925. The Balaban J connectivity index is 1.91. The smallest absolute Gasteiger partial charge is 0.140 e. The molecular formula is C17H21ClN2O2. The minimum absolute atomic E-state index is 0.117. The highest BCUT2D eigenvalue weighted by molar-refractivity contribution is 6.30. The average molecular weight is 321 g/mol. The van der Waals surface area contributed by atoms with E-state index in [0.29, 0.717) is 13.2 Å². The van der Waals surface area contributed by atoms with E-state index in [1.54, 1.807) is 0 Å². The second kappa shape index (κ2) is 6.41. The monoisotopic (exact) mass is 320 g/mol. The van der Waals surface area contributed by atoms with Gasteiger partial charge in [0.1, 0.15) is 5.82 Å². The van der Waals surface area contributed by atoms with Crippen LogP contribution in [0, 0.1) is 12.3 Å². The molecule has 0 bridgehead atoms. The molecule has 5 heteroatoms. The fourth-order valence-corrected chi connectivity index (χ4v) is 3.32. The van der Waals surface area contributed by atoms with Crippen molar-refractivity contribution in [2.75, 3.05) is 19.8 Å². The van der Waals surface area contributed by atoms with Gasteiger partial charge in [-0.2, -0.15) is 0 Å². The molecule has 1 aliphatic rings. The van der Waals surface area contributed by atoms with Crippen LogP contribution in [0.1, 0.15) is 18.4 Å². The molecule has 0 atom stereocenters. The number of aliphatic hydroxyl groups is 1. The van der Waals surface area contributed by atoms with Crippen LogP contribution < -0.4 is 0 Å². The van der Waals surface area contributed by atoms with E-state index in [9.17, 15) is 5.11 Å². The Hall–Kier alpha value is -1.36. The van der Waals surface area contributed by atoms with E-state index in [1.807, 2.05) is 37.5 Å². The highest BCUT2D eigenvalue weighted by atomic mass is 35.5. The van der Waals surface area contributed by atoms with E-state index >= 15 is 0 Å². The first kappa shape index (κ1) is 15.5. The average Bonchev–Trinajstić information content (AvgIpc) is 2.96. The number of hydrogen-bond donors (Lipinski definition) is 1. The molecule has 0 radical (unpaired) electrons. The maximum Gasteiger partial charge on any atom is 0.140 e. The normalized spacial score (nSPS) is 17.6. The zero-order valence-electron chi connectivity index (χ0n) is 12.8. The summed E-state index contributed by atoms with van der Waals surface area (Å²) < 4.78 is 7.58. The summed E-state index contributed by atoms with van der Waals surface area (Å²) in [5, 5.41) is 10.6. The summed E-state index contributed by atoms with van der Waals surface area (Å²) >= 11 is 6.04. The number of rotatable bonds is 4. The molecule has 3 rings (SSSR count). The Bertz CT molecular complexity index is 648. The predicted molar refractivity (Wildman–Crippen MR) is 87.0 cm³/mol. The van der Waals surface area contributed by atoms with Gasteiger partial charge in [-0.05, 0) is 43.5 Å². The third-order valence-corrected chi connectivity index (χ3v) is 4.77. The van der Waals surface area contributed by atoms with Gasteiger partial charge in [0.2, 0.25) is 0 Å². The van der Waals surface area contributed by atoms with Crippen molar-refractivity contribution in [1.29, 1.82) is 0 Å². The third kappa shape index (κ3) is 3.05. The molecule has 2 aromatic rings. The molecule has 0 spiro atoms. The maximum atomic E-state index is 9.89. The molecule has 0 unspecified atom stereocenters. The Morgan fingerprint density at radius 3 is 2.82 bits per heavy atom. The molecule has 1 saturated heterocycles. The summed E-state index contributed by atoms with van der Waals surface area (Å²) in [6.07, 6.45) is 5.55. The molecule has 1 fully saturated rings. The zero-order chi connectivity index (χ0) is 15.6. The van der Waals surface area contributed by atoms with Gasteiger partial charge in [0.15, 0.2) is 0 Å². The topological polar surface area (TPSA) is 47.3 Å². The molecule has 2 heterocycles. The third-order valence-electron chi connectivity index (χ3n) is 4.54. The lowest BCUT2D eigenvalue weighted by molar-refractivity contribution is -0.0250. The molecule has 22 heavy (non-hydrogen) atoms. The number of nitrogens with zero attached hydrogens (tertiary/aromatic N) is 2. The Kier molecular flexibility index (Phi) is 4.52. The standard InChI is InChI=1S/C17H21ClN2O2/c1-13-10-14(18)2-3-15(13)16-19-6-7-20(16)11-17(12-21)4-8-22-9-5-17/h2-3,6-7,10,21H,4-5,8-9,11-12H2,1H3. The summed E-state index contributed by atoms with van der Waals surface area (Å²) in [6, 6.07) is 5.84. The van der Waals surface area contributed by atoms with E-state index in [-0.39, 0.29) is 12.0 Å². The summed E-state index contributed by atoms with van der Waals surface area (Å²) in [7, 11) is 0. The van der Waals surface area contributed by atoms with Gasteiger partial charge in [0.05, 0.1) is 6.61 Å². The number of imidazole rings is 1. The molecule has 1 aromatic heterocycles. The molecule has 118 valence electrons. The molecule has 1 aliphatic heterocycles. The summed E-state index contributed by atoms with van der Waals surface area (Å²) in [6.45, 7) is 4.39. The second-order valence-electron chi connectivity index (χ2n) is 6.11. The van der Waals surface area contributed by atoms with Crippen LogP contribution in [0.5, 0.6) is 0 Å². The van der Waals surface area contributed by atoms with Gasteiger partial charge in [0, 0.05) is 48.2 Å². The number of ether oxygens (including phenoxy) is 1. The predicted octanol–water partition coefficient (Wildman–Crippen LogP) is 3.30. The van der Waals surface area contributed by atoms with Crippen LogP contribution in [-0.2, 0) is 11.3 Å². The van der Waals surface area contributed by atoms with Gasteiger partial charge in [-0.25, -0.2) is 4.98 Å². The molecule has 4 nitrogen and oxygen atoms in total. The number of halogens is 1. The Morgan fingerprint density at radius 2 is 2.14 bits per heavy atom. The maximum absolute atomic E-state index is 9.89. The fourth-order valence-electron chi connectivity index (χ4n) is 3.09. The first-order valence-electron chi connectivity index (χ1n) is 7.60. The van der Waals surface area contributed by atoms with Crippen LogP contribution in [0.4, 0.5) is 0 Å². The lowest BCUT2D eigenvalue weighted by Crippen LogP contribution is -2.37. The number of benzene rings is 1. The van der Waals surface area contributed by atoms with Gasteiger partial charge < -0.3 is 14.4 Å². The van der Waals surface area contributed by atoms with E-state index in [2.05, 4.69) is 9.55 Å². The molecule has 1 N–H and O–H groups in total. The molecule has 0 saturated carbocycles. The first-order valence-corrected chi connectivity index (χ1v) is 7.98. The fraction of sp³-hybridized carbons (Fsp3) is 0.471. The van der Waals surface area contributed by atoms with Gasteiger partial charge >= 0.3 is 0 Å². The quantitative estimate of drug-likeness (QED) is 0.940. The van der Waals surface area contributed by atoms with E-state index in [4.69, 9.17) is 16.3 Å². The van der Waals surface area contributed by atoms with Crippen LogP contribution in [0.25, 0.3) is 11.4 Å². The van der Waals surface area contributed by atoms with Crippen molar-refractivity contribution in [1.82, 2.24) is 9.55 Å². The molecule has 0 amide bonds. The van der Waals surface area contributed by atoms with Crippen LogP contribution >= 0.6 is 11.6 Å². The van der Waals surface area contributed by atoms with E-state index in [0.717, 1.165) is 41.4 Å². The van der Waals surface area contributed by atoms with Crippen molar-refractivity contribution in [2.24, 2.45) is 5.41 Å². The van der Waals surface area contributed by atoms with E-state index < -0.39 is 0 Å². The lowest BCUT2D eigenvalue weighted by Gasteiger charge is -2.36. The van der Waals surface area contributed by atoms with Gasteiger partial charge in [-0.3, -0.25) is 0 Å². The number of aromatic nitrogens is 2.